The highest BCUT2D eigenvalue weighted by molar-refractivity contribution is 5.47. The summed E-state index contributed by atoms with van der Waals surface area (Å²) in [5.41, 5.74) is 2.11. The molecule has 0 unspecified atom stereocenters. The van der Waals surface area contributed by atoms with Crippen LogP contribution in [-0.4, -0.2) is 57.3 Å². The van der Waals surface area contributed by atoms with Gasteiger partial charge in [0.2, 0.25) is 0 Å². The summed E-state index contributed by atoms with van der Waals surface area (Å²) >= 11 is 0. The van der Waals surface area contributed by atoms with Crippen molar-refractivity contribution in [3.05, 3.63) is 36.3 Å². The van der Waals surface area contributed by atoms with E-state index in [1.807, 2.05) is 27.8 Å². The van der Waals surface area contributed by atoms with Crippen molar-refractivity contribution in [2.45, 2.75) is 24.9 Å². The molecule has 0 radical (unpaired) electrons. The molecule has 0 amide bonds. The van der Waals surface area contributed by atoms with Crippen molar-refractivity contribution in [2.24, 2.45) is 0 Å². The van der Waals surface area contributed by atoms with Gasteiger partial charge in [0.25, 0.3) is 5.92 Å². The Hall–Kier alpha value is -1.53. The molecule has 1 atom stereocenters. The summed E-state index contributed by atoms with van der Waals surface area (Å²) in [7, 11) is 0. The third kappa shape index (κ3) is 2.42. The van der Waals surface area contributed by atoms with Crippen molar-refractivity contribution in [3.63, 3.8) is 0 Å². The van der Waals surface area contributed by atoms with Crippen LogP contribution in [0.25, 0.3) is 5.65 Å². The molecule has 2 fully saturated rings. The fourth-order valence-electron chi connectivity index (χ4n) is 3.58. The van der Waals surface area contributed by atoms with Gasteiger partial charge in [-0.1, -0.05) is 6.07 Å². The Morgan fingerprint density at radius 1 is 1.29 bits per heavy atom. The predicted molar refractivity (Wildman–Crippen MR) is 75.4 cm³/mol. The van der Waals surface area contributed by atoms with E-state index in [0.717, 1.165) is 37.4 Å². The Bertz CT molecular complexity index is 654. The van der Waals surface area contributed by atoms with Crippen LogP contribution in [0.4, 0.5) is 8.78 Å². The van der Waals surface area contributed by atoms with Crippen molar-refractivity contribution in [1.29, 1.82) is 0 Å². The maximum Gasteiger partial charge on any atom is 0.262 e. The fourth-order valence-corrected chi connectivity index (χ4v) is 3.58. The third-order valence-electron chi connectivity index (χ3n) is 4.55. The van der Waals surface area contributed by atoms with E-state index in [-0.39, 0.29) is 19.0 Å². The normalized spacial score (nSPS) is 26.3. The number of hydrogen-bond donors (Lipinski definition) is 0. The fraction of sp³-hybridized carbons (Fsp3) is 0.533. The second kappa shape index (κ2) is 4.74. The number of alkyl halides is 2. The molecule has 0 bridgehead atoms. The summed E-state index contributed by atoms with van der Waals surface area (Å²) < 4.78 is 29.0. The molecule has 2 aromatic rings. The number of piperazine rings is 1. The molecule has 0 N–H and O–H groups in total. The maximum absolute atomic E-state index is 13.5. The smallest absolute Gasteiger partial charge is 0.262 e. The first-order valence-electron chi connectivity index (χ1n) is 7.35. The Kier molecular flexibility index (Phi) is 2.97. The highest BCUT2D eigenvalue weighted by Crippen LogP contribution is 2.34. The highest BCUT2D eigenvalue weighted by atomic mass is 19.3. The molecule has 6 heteroatoms. The Labute approximate surface area is 122 Å². The van der Waals surface area contributed by atoms with Crippen LogP contribution in [0.2, 0.25) is 0 Å². The van der Waals surface area contributed by atoms with Gasteiger partial charge in [0.05, 0.1) is 6.54 Å². The van der Waals surface area contributed by atoms with Gasteiger partial charge in [-0.2, -0.15) is 0 Å². The van der Waals surface area contributed by atoms with Crippen LogP contribution in [0.15, 0.2) is 30.7 Å². The Balaban J connectivity index is 1.50. The average Bonchev–Trinajstić information content (AvgIpc) is 3.01. The zero-order valence-electron chi connectivity index (χ0n) is 11.8. The number of pyridine rings is 1. The summed E-state index contributed by atoms with van der Waals surface area (Å²) in [6.07, 6.45) is 5.68. The van der Waals surface area contributed by atoms with Crippen LogP contribution in [0.5, 0.6) is 0 Å². The first-order chi connectivity index (χ1) is 10.1. The number of rotatable bonds is 2. The molecule has 0 spiro atoms. The predicted octanol–water partition coefficient (Wildman–Crippen LogP) is 1.86. The van der Waals surface area contributed by atoms with E-state index in [1.54, 1.807) is 6.20 Å². The first-order valence-corrected chi connectivity index (χ1v) is 7.35. The number of nitrogens with zero attached hydrogens (tertiary/aromatic N) is 4. The van der Waals surface area contributed by atoms with E-state index < -0.39 is 5.92 Å². The lowest BCUT2D eigenvalue weighted by Gasteiger charge is -2.36. The molecule has 4 rings (SSSR count). The van der Waals surface area contributed by atoms with Gasteiger partial charge in [0.15, 0.2) is 0 Å². The van der Waals surface area contributed by atoms with Crippen molar-refractivity contribution >= 4 is 5.65 Å². The van der Waals surface area contributed by atoms with Gasteiger partial charge in [0.1, 0.15) is 5.65 Å². The molecule has 2 aliphatic rings. The SMILES string of the molecule is FC1(F)C[C@H]2CN(Cc3cccn4ccnc34)CCN2C1. The standard InChI is InChI=1S/C15H18F2N4/c16-15(17)8-13-10-19(6-7-21(13)11-15)9-12-2-1-4-20-5-3-18-14(12)20/h1-5,13H,6-11H2/t13-/m0/s1. The van der Waals surface area contributed by atoms with Crippen LogP contribution in [0, 0.1) is 0 Å². The van der Waals surface area contributed by atoms with E-state index in [2.05, 4.69) is 16.0 Å². The van der Waals surface area contributed by atoms with Crippen molar-refractivity contribution in [2.75, 3.05) is 26.2 Å². The number of aromatic nitrogens is 2. The van der Waals surface area contributed by atoms with Gasteiger partial charge in [-0.25, -0.2) is 13.8 Å². The second-order valence-corrected chi connectivity index (χ2v) is 6.11. The van der Waals surface area contributed by atoms with Gasteiger partial charge in [0, 0.05) is 62.8 Å². The molecule has 2 saturated heterocycles. The second-order valence-electron chi connectivity index (χ2n) is 6.11. The van der Waals surface area contributed by atoms with E-state index in [9.17, 15) is 8.78 Å². The zero-order valence-corrected chi connectivity index (χ0v) is 11.8. The minimum atomic E-state index is -2.51. The molecular formula is C15H18F2N4. The van der Waals surface area contributed by atoms with Crippen molar-refractivity contribution in [1.82, 2.24) is 19.2 Å². The molecular weight excluding hydrogens is 274 g/mol. The van der Waals surface area contributed by atoms with Crippen LogP contribution in [-0.2, 0) is 6.54 Å². The third-order valence-corrected chi connectivity index (χ3v) is 4.55. The molecule has 0 aliphatic carbocycles. The Morgan fingerprint density at radius 2 is 2.19 bits per heavy atom. The number of fused-ring (bicyclic) bond motifs is 2. The van der Waals surface area contributed by atoms with Crippen LogP contribution in [0.3, 0.4) is 0 Å². The molecule has 2 aliphatic heterocycles. The lowest BCUT2D eigenvalue weighted by Crippen LogP contribution is -2.49. The summed E-state index contributed by atoms with van der Waals surface area (Å²) in [5, 5.41) is 0. The van der Waals surface area contributed by atoms with Gasteiger partial charge in [-0.05, 0) is 6.07 Å². The van der Waals surface area contributed by atoms with Gasteiger partial charge in [-0.15, -0.1) is 0 Å². The van der Waals surface area contributed by atoms with Gasteiger partial charge in [-0.3, -0.25) is 9.80 Å². The largest absolute Gasteiger partial charge is 0.307 e. The molecule has 4 nitrogen and oxygen atoms in total. The van der Waals surface area contributed by atoms with Crippen LogP contribution in [0.1, 0.15) is 12.0 Å². The quantitative estimate of drug-likeness (QED) is 0.844. The summed E-state index contributed by atoms with van der Waals surface area (Å²) in [4.78, 5) is 8.59. The minimum absolute atomic E-state index is 0.00290. The van der Waals surface area contributed by atoms with Crippen LogP contribution < -0.4 is 0 Å². The van der Waals surface area contributed by atoms with Gasteiger partial charge < -0.3 is 4.40 Å². The number of hydrogen-bond acceptors (Lipinski definition) is 3. The summed E-state index contributed by atoms with van der Waals surface area (Å²) in [6, 6.07) is 4.07. The van der Waals surface area contributed by atoms with Crippen molar-refractivity contribution < 1.29 is 8.78 Å². The van der Waals surface area contributed by atoms with Crippen LogP contribution >= 0.6 is 0 Å². The molecule has 2 aromatic heterocycles. The highest BCUT2D eigenvalue weighted by Gasteiger charge is 2.46. The minimum Gasteiger partial charge on any atom is -0.307 e. The molecule has 4 heterocycles. The summed E-state index contributed by atoms with van der Waals surface area (Å²) in [6.45, 7) is 3.00. The Morgan fingerprint density at radius 3 is 3.10 bits per heavy atom. The molecule has 0 aromatic carbocycles. The number of imidazole rings is 1. The lowest BCUT2D eigenvalue weighted by molar-refractivity contribution is 0.0119. The maximum atomic E-state index is 13.5. The van der Waals surface area contributed by atoms with E-state index in [1.165, 1.54) is 0 Å². The van der Waals surface area contributed by atoms with Crippen molar-refractivity contribution in [3.8, 4) is 0 Å². The first kappa shape index (κ1) is 13.2. The molecule has 112 valence electrons. The topological polar surface area (TPSA) is 23.8 Å². The van der Waals surface area contributed by atoms with E-state index in [0.29, 0.717) is 0 Å². The monoisotopic (exact) mass is 292 g/mol. The summed E-state index contributed by atoms with van der Waals surface area (Å²) in [5.74, 6) is -2.51. The molecule has 0 saturated carbocycles. The van der Waals surface area contributed by atoms with E-state index >= 15 is 0 Å². The van der Waals surface area contributed by atoms with E-state index in [4.69, 9.17) is 0 Å². The number of halogens is 2. The zero-order chi connectivity index (χ0) is 14.4. The average molecular weight is 292 g/mol. The lowest BCUT2D eigenvalue weighted by atomic mass is 10.1. The van der Waals surface area contributed by atoms with Gasteiger partial charge >= 0.3 is 0 Å². The molecule has 21 heavy (non-hydrogen) atoms.